The number of ether oxygens (including phenoxy) is 4. The Morgan fingerprint density at radius 3 is 1.76 bits per heavy atom. The van der Waals surface area contributed by atoms with E-state index < -0.39 is 67.8 Å². The molecule has 0 bridgehead atoms. The fourth-order valence-corrected chi connectivity index (χ4v) is 6.33. The van der Waals surface area contributed by atoms with Crippen molar-refractivity contribution in [3.8, 4) is 0 Å². The van der Waals surface area contributed by atoms with Crippen LogP contribution in [0.3, 0.4) is 0 Å². The van der Waals surface area contributed by atoms with Crippen molar-refractivity contribution in [3.63, 3.8) is 0 Å². The zero-order valence-corrected chi connectivity index (χ0v) is 25.1. The Kier molecular flexibility index (Phi) is 14.1. The largest absolute Gasteiger partial charge is 0.394 e. The molecular weight excluding hydrogens is 548 g/mol. The maximum atomic E-state index is 10.6. The summed E-state index contributed by atoms with van der Waals surface area (Å²) >= 11 is 0. The summed E-state index contributed by atoms with van der Waals surface area (Å²) in [5.41, 5.74) is 1.18. The standard InChI is InChI=1S/C31H52O11/c1-4-12-31(13-5-2,21-9-7-6-8-10-21)14-11-20(17-39-29-27(37)24(34)19(3)22(15-32)41-29)18-40-30-28(38)26(36)25(35)23(16-33)42-30/h6-10,19-20,22-30,32-38H,4-5,11-18H2,1-3H3/t19-,20?,22?,23?,24?,25-,26?,27+,28+,29-,30-/m0/s1. The van der Waals surface area contributed by atoms with Crippen molar-refractivity contribution < 1.29 is 54.7 Å². The molecule has 1 aromatic rings. The van der Waals surface area contributed by atoms with Gasteiger partial charge in [0.05, 0.1) is 38.6 Å². The van der Waals surface area contributed by atoms with E-state index in [0.29, 0.717) is 6.42 Å². The van der Waals surface area contributed by atoms with E-state index >= 15 is 0 Å². The predicted octanol–water partition coefficient (Wildman–Crippen LogP) is 0.829. The minimum absolute atomic E-state index is 0.0387. The number of benzene rings is 1. The number of rotatable bonds is 16. The fourth-order valence-electron chi connectivity index (χ4n) is 6.33. The van der Waals surface area contributed by atoms with E-state index in [1.807, 2.05) is 18.2 Å². The average molecular weight is 601 g/mol. The molecule has 11 atom stereocenters. The number of aliphatic hydroxyl groups excluding tert-OH is 7. The second-order valence-corrected chi connectivity index (χ2v) is 12.0. The highest BCUT2D eigenvalue weighted by Crippen LogP contribution is 2.40. The molecular formula is C31H52O11. The van der Waals surface area contributed by atoms with Crippen molar-refractivity contribution in [3.05, 3.63) is 35.9 Å². The van der Waals surface area contributed by atoms with Crippen molar-refractivity contribution >= 4 is 0 Å². The van der Waals surface area contributed by atoms with Crippen molar-refractivity contribution in [1.29, 1.82) is 0 Å². The van der Waals surface area contributed by atoms with Gasteiger partial charge in [-0.25, -0.2) is 0 Å². The lowest BCUT2D eigenvalue weighted by Gasteiger charge is -2.42. The van der Waals surface area contributed by atoms with Crippen LogP contribution in [0.5, 0.6) is 0 Å². The van der Waals surface area contributed by atoms with E-state index in [9.17, 15) is 35.7 Å². The lowest BCUT2D eigenvalue weighted by atomic mass is 9.69. The molecule has 7 N–H and O–H groups in total. The molecule has 0 amide bonds. The number of hydrogen-bond acceptors (Lipinski definition) is 11. The highest BCUT2D eigenvalue weighted by Gasteiger charge is 2.45. The van der Waals surface area contributed by atoms with Crippen LogP contribution in [0.15, 0.2) is 30.3 Å². The van der Waals surface area contributed by atoms with Crippen molar-refractivity contribution in [2.75, 3.05) is 26.4 Å². The van der Waals surface area contributed by atoms with Crippen LogP contribution in [0.25, 0.3) is 0 Å². The van der Waals surface area contributed by atoms with E-state index in [-0.39, 0.29) is 31.2 Å². The van der Waals surface area contributed by atoms with E-state index in [2.05, 4.69) is 26.0 Å². The number of aliphatic hydroxyl groups is 7. The van der Waals surface area contributed by atoms with Gasteiger partial charge < -0.3 is 54.7 Å². The van der Waals surface area contributed by atoms with Crippen LogP contribution in [0.2, 0.25) is 0 Å². The Labute approximate surface area is 249 Å². The van der Waals surface area contributed by atoms with Gasteiger partial charge in [0, 0.05) is 11.8 Å². The molecule has 0 spiro atoms. The van der Waals surface area contributed by atoms with Crippen molar-refractivity contribution in [1.82, 2.24) is 0 Å². The van der Waals surface area contributed by atoms with Crippen LogP contribution in [0.1, 0.15) is 64.9 Å². The van der Waals surface area contributed by atoms with Gasteiger partial charge in [0.2, 0.25) is 0 Å². The summed E-state index contributed by atoms with van der Waals surface area (Å²) in [4.78, 5) is 0. The molecule has 11 heteroatoms. The fraction of sp³-hybridized carbons (Fsp3) is 0.806. The Morgan fingerprint density at radius 1 is 0.714 bits per heavy atom. The second kappa shape index (κ2) is 16.7. The molecule has 2 saturated heterocycles. The zero-order valence-electron chi connectivity index (χ0n) is 25.1. The summed E-state index contributed by atoms with van der Waals surface area (Å²) in [6, 6.07) is 10.4. The monoisotopic (exact) mass is 600 g/mol. The van der Waals surface area contributed by atoms with Crippen molar-refractivity contribution in [2.45, 2.75) is 120 Å². The van der Waals surface area contributed by atoms with E-state index in [4.69, 9.17) is 18.9 Å². The van der Waals surface area contributed by atoms with Crippen LogP contribution in [-0.4, -0.2) is 117 Å². The first-order valence-corrected chi connectivity index (χ1v) is 15.3. The predicted molar refractivity (Wildman–Crippen MR) is 153 cm³/mol. The topological polar surface area (TPSA) is 179 Å². The third kappa shape index (κ3) is 8.48. The molecule has 0 radical (unpaired) electrons. The maximum Gasteiger partial charge on any atom is 0.186 e. The molecule has 2 aliphatic heterocycles. The number of hydrogen-bond donors (Lipinski definition) is 7. The summed E-state index contributed by atoms with van der Waals surface area (Å²) < 4.78 is 23.2. The lowest BCUT2D eigenvalue weighted by Crippen LogP contribution is -2.59. The average Bonchev–Trinajstić information content (AvgIpc) is 3.00. The van der Waals surface area contributed by atoms with E-state index in [0.717, 1.165) is 32.1 Å². The molecule has 0 saturated carbocycles. The normalized spacial score (nSPS) is 34.8. The summed E-state index contributed by atoms with van der Waals surface area (Å²) in [5, 5.41) is 71.1. The molecule has 42 heavy (non-hydrogen) atoms. The van der Waals surface area contributed by atoms with E-state index in [1.54, 1.807) is 6.92 Å². The Bertz CT molecular complexity index is 839. The second-order valence-electron chi connectivity index (χ2n) is 12.0. The van der Waals surface area contributed by atoms with Crippen molar-refractivity contribution in [2.24, 2.45) is 11.8 Å². The molecule has 2 aliphatic rings. The molecule has 1 aromatic carbocycles. The summed E-state index contributed by atoms with van der Waals surface area (Å²) in [6.07, 6.45) is -5.84. The van der Waals surface area contributed by atoms with Gasteiger partial charge in [-0.3, -0.25) is 0 Å². The van der Waals surface area contributed by atoms with Crippen LogP contribution < -0.4 is 0 Å². The first-order chi connectivity index (χ1) is 20.1. The highest BCUT2D eigenvalue weighted by atomic mass is 16.7. The Morgan fingerprint density at radius 2 is 1.24 bits per heavy atom. The molecule has 11 nitrogen and oxygen atoms in total. The lowest BCUT2D eigenvalue weighted by molar-refractivity contribution is -0.308. The molecule has 0 aliphatic carbocycles. The van der Waals surface area contributed by atoms with Crippen LogP contribution >= 0.6 is 0 Å². The summed E-state index contributed by atoms with van der Waals surface area (Å²) in [6.45, 7) is 5.24. The molecule has 2 fully saturated rings. The third-order valence-electron chi connectivity index (χ3n) is 8.96. The molecule has 5 unspecified atom stereocenters. The van der Waals surface area contributed by atoms with Gasteiger partial charge in [0.1, 0.15) is 30.5 Å². The Balaban J connectivity index is 1.78. The quantitative estimate of drug-likeness (QED) is 0.143. The van der Waals surface area contributed by atoms with Gasteiger partial charge in [-0.15, -0.1) is 0 Å². The summed E-state index contributed by atoms with van der Waals surface area (Å²) in [5.74, 6) is -0.765. The van der Waals surface area contributed by atoms with Gasteiger partial charge in [0.25, 0.3) is 0 Å². The molecule has 3 rings (SSSR count). The van der Waals surface area contributed by atoms with Crippen LogP contribution in [0.4, 0.5) is 0 Å². The van der Waals surface area contributed by atoms with Gasteiger partial charge in [-0.1, -0.05) is 63.9 Å². The van der Waals surface area contributed by atoms with Gasteiger partial charge in [0.15, 0.2) is 12.6 Å². The van der Waals surface area contributed by atoms with Gasteiger partial charge in [-0.2, -0.15) is 0 Å². The van der Waals surface area contributed by atoms with E-state index in [1.165, 1.54) is 5.56 Å². The Hall–Kier alpha value is -1.22. The van der Waals surface area contributed by atoms with Crippen LogP contribution in [-0.2, 0) is 24.4 Å². The SMILES string of the molecule is CCCC(CCC)(CCC(CO[C@H]1OC(CO)[C@H](C)C(O)[C@H]1O)CO[C@H]1OC(CO)[C@H](O)C(O)[C@H]1O)c1ccccc1. The minimum atomic E-state index is -1.56. The smallest absolute Gasteiger partial charge is 0.186 e. The minimum Gasteiger partial charge on any atom is -0.394 e. The van der Waals surface area contributed by atoms with Gasteiger partial charge in [-0.05, 0) is 36.7 Å². The molecule has 0 aromatic heterocycles. The molecule has 242 valence electrons. The first kappa shape index (κ1) is 35.3. The van der Waals surface area contributed by atoms with Crippen LogP contribution in [0, 0.1) is 11.8 Å². The zero-order chi connectivity index (χ0) is 30.9. The first-order valence-electron chi connectivity index (χ1n) is 15.3. The van der Waals surface area contributed by atoms with Gasteiger partial charge >= 0.3 is 0 Å². The third-order valence-corrected chi connectivity index (χ3v) is 8.96. The maximum absolute atomic E-state index is 10.6. The summed E-state index contributed by atoms with van der Waals surface area (Å²) in [7, 11) is 0. The highest BCUT2D eigenvalue weighted by molar-refractivity contribution is 5.25. The molecule has 2 heterocycles.